The molecule has 0 saturated carbocycles. The van der Waals surface area contributed by atoms with E-state index in [9.17, 15) is 18.0 Å². The van der Waals surface area contributed by atoms with Crippen molar-refractivity contribution in [2.75, 3.05) is 37.7 Å². The maximum Gasteiger partial charge on any atom is 0.279 e. The highest BCUT2D eigenvalue weighted by Crippen LogP contribution is 2.21. The number of amides is 1. The second-order valence-electron chi connectivity index (χ2n) is 8.33. The standard InChI is InChI=1S/C23H24N4O4S/c28-22-20-9-5-4-8-19(20)21(24-27(22)17-6-2-1-3-7-17)23(29)26-13-11-25(12-14-26)18-10-15-32(30,31)16-18/h1-9,18H,10-16H2/t18-/m1/s1. The van der Waals surface area contributed by atoms with Crippen molar-refractivity contribution in [2.24, 2.45) is 0 Å². The normalized spacial score (nSPS) is 21.1. The lowest BCUT2D eigenvalue weighted by Gasteiger charge is -2.37. The van der Waals surface area contributed by atoms with E-state index in [1.807, 2.05) is 18.2 Å². The molecule has 0 bridgehead atoms. The van der Waals surface area contributed by atoms with Crippen LogP contribution in [-0.2, 0) is 9.84 Å². The van der Waals surface area contributed by atoms with Crippen molar-refractivity contribution in [1.82, 2.24) is 19.6 Å². The number of sulfone groups is 1. The lowest BCUT2D eigenvalue weighted by atomic mass is 10.1. The molecule has 3 heterocycles. The Morgan fingerprint density at radius 2 is 1.56 bits per heavy atom. The molecule has 0 unspecified atom stereocenters. The molecule has 2 saturated heterocycles. The van der Waals surface area contributed by atoms with Crippen LogP contribution < -0.4 is 5.56 Å². The van der Waals surface area contributed by atoms with Gasteiger partial charge in [0.1, 0.15) is 0 Å². The number of aromatic nitrogens is 2. The summed E-state index contributed by atoms with van der Waals surface area (Å²) in [6.45, 7) is 2.25. The first kappa shape index (κ1) is 20.8. The molecule has 5 rings (SSSR count). The average molecular weight is 453 g/mol. The van der Waals surface area contributed by atoms with Crippen LogP contribution in [0.1, 0.15) is 16.9 Å². The van der Waals surface area contributed by atoms with E-state index < -0.39 is 9.84 Å². The highest BCUT2D eigenvalue weighted by atomic mass is 32.2. The molecule has 2 aliphatic rings. The van der Waals surface area contributed by atoms with Gasteiger partial charge in [-0.3, -0.25) is 14.5 Å². The summed E-state index contributed by atoms with van der Waals surface area (Å²) < 4.78 is 24.9. The van der Waals surface area contributed by atoms with Crippen molar-refractivity contribution >= 4 is 26.5 Å². The van der Waals surface area contributed by atoms with Gasteiger partial charge in [0.2, 0.25) is 0 Å². The summed E-state index contributed by atoms with van der Waals surface area (Å²) in [5.74, 6) is 0.229. The molecule has 1 aromatic heterocycles. The largest absolute Gasteiger partial charge is 0.335 e. The van der Waals surface area contributed by atoms with Crippen molar-refractivity contribution < 1.29 is 13.2 Å². The van der Waals surface area contributed by atoms with Crippen molar-refractivity contribution in [1.29, 1.82) is 0 Å². The van der Waals surface area contributed by atoms with Gasteiger partial charge in [-0.1, -0.05) is 36.4 Å². The predicted molar refractivity (Wildman–Crippen MR) is 122 cm³/mol. The summed E-state index contributed by atoms with van der Waals surface area (Å²) in [6, 6.07) is 16.2. The van der Waals surface area contributed by atoms with Gasteiger partial charge in [0.25, 0.3) is 11.5 Å². The number of carbonyl (C=O) groups excluding carboxylic acids is 1. The third kappa shape index (κ3) is 3.82. The SMILES string of the molecule is O=C(c1nn(-c2ccccc2)c(=O)c2ccccc12)N1CCN([C@@H]2CCS(=O)(=O)C2)CC1. The quantitative estimate of drug-likeness (QED) is 0.595. The predicted octanol–water partition coefficient (Wildman–Crippen LogP) is 1.33. The first-order chi connectivity index (χ1) is 15.4. The van der Waals surface area contributed by atoms with Crippen LogP contribution in [0.15, 0.2) is 59.4 Å². The van der Waals surface area contributed by atoms with Gasteiger partial charge in [-0.05, 0) is 24.6 Å². The molecule has 3 aromatic rings. The van der Waals surface area contributed by atoms with Gasteiger partial charge in [-0.15, -0.1) is 0 Å². The molecular formula is C23H24N4O4S. The zero-order valence-electron chi connectivity index (χ0n) is 17.6. The minimum Gasteiger partial charge on any atom is -0.335 e. The maximum absolute atomic E-state index is 13.5. The Morgan fingerprint density at radius 1 is 0.906 bits per heavy atom. The summed E-state index contributed by atoms with van der Waals surface area (Å²) in [7, 11) is -2.94. The Labute approximate surface area is 186 Å². The summed E-state index contributed by atoms with van der Waals surface area (Å²) in [6.07, 6.45) is 0.657. The molecule has 1 atom stereocenters. The second-order valence-corrected chi connectivity index (χ2v) is 10.6. The van der Waals surface area contributed by atoms with E-state index in [0.717, 1.165) is 0 Å². The lowest BCUT2D eigenvalue weighted by molar-refractivity contribution is 0.0582. The van der Waals surface area contributed by atoms with Crippen LogP contribution in [0.4, 0.5) is 0 Å². The van der Waals surface area contributed by atoms with Crippen LogP contribution in [0.5, 0.6) is 0 Å². The van der Waals surface area contributed by atoms with Crippen molar-refractivity contribution in [3.63, 3.8) is 0 Å². The molecule has 8 nitrogen and oxygen atoms in total. The van der Waals surface area contributed by atoms with Crippen LogP contribution in [-0.4, -0.2) is 77.6 Å². The number of rotatable bonds is 3. The van der Waals surface area contributed by atoms with Crippen LogP contribution >= 0.6 is 0 Å². The van der Waals surface area contributed by atoms with Gasteiger partial charge in [-0.25, -0.2) is 8.42 Å². The summed E-state index contributed by atoms with van der Waals surface area (Å²) in [4.78, 5) is 30.4. The number of nitrogens with zero attached hydrogens (tertiary/aromatic N) is 4. The van der Waals surface area contributed by atoms with Crippen LogP contribution in [0.25, 0.3) is 16.5 Å². The van der Waals surface area contributed by atoms with Gasteiger partial charge in [0, 0.05) is 37.6 Å². The third-order valence-corrected chi connectivity index (χ3v) is 8.08. The second kappa shape index (κ2) is 8.14. The maximum atomic E-state index is 13.5. The highest BCUT2D eigenvalue weighted by Gasteiger charge is 2.35. The van der Waals surface area contributed by atoms with E-state index in [4.69, 9.17) is 0 Å². The third-order valence-electron chi connectivity index (χ3n) is 6.33. The van der Waals surface area contributed by atoms with Gasteiger partial charge < -0.3 is 4.90 Å². The molecule has 1 amide bonds. The summed E-state index contributed by atoms with van der Waals surface area (Å²) in [5, 5.41) is 5.47. The van der Waals surface area contributed by atoms with Gasteiger partial charge in [-0.2, -0.15) is 9.78 Å². The van der Waals surface area contributed by atoms with Gasteiger partial charge in [0.15, 0.2) is 15.5 Å². The fourth-order valence-corrected chi connectivity index (χ4v) is 6.36. The molecule has 2 aliphatic heterocycles. The molecule has 32 heavy (non-hydrogen) atoms. The minimum absolute atomic E-state index is 0.0381. The molecule has 0 radical (unpaired) electrons. The summed E-state index contributed by atoms with van der Waals surface area (Å²) >= 11 is 0. The fraction of sp³-hybridized carbons (Fsp3) is 0.348. The zero-order chi connectivity index (χ0) is 22.3. The fourth-order valence-electron chi connectivity index (χ4n) is 4.59. The Bertz CT molecular complexity index is 1330. The van der Waals surface area contributed by atoms with Crippen LogP contribution in [0, 0.1) is 0 Å². The number of carbonyl (C=O) groups is 1. The van der Waals surface area contributed by atoms with E-state index in [2.05, 4.69) is 10.00 Å². The molecule has 2 aromatic carbocycles. The van der Waals surface area contributed by atoms with E-state index in [0.29, 0.717) is 49.1 Å². The Morgan fingerprint density at radius 3 is 2.22 bits per heavy atom. The van der Waals surface area contributed by atoms with Crippen molar-refractivity contribution in [3.05, 3.63) is 70.6 Å². The molecule has 9 heteroatoms. The molecule has 0 aliphatic carbocycles. The molecule has 0 spiro atoms. The molecular weight excluding hydrogens is 428 g/mol. The van der Waals surface area contributed by atoms with Crippen molar-refractivity contribution in [3.8, 4) is 5.69 Å². The first-order valence-electron chi connectivity index (χ1n) is 10.7. The van der Waals surface area contributed by atoms with Crippen molar-refractivity contribution in [2.45, 2.75) is 12.5 Å². The number of para-hydroxylation sites is 1. The number of hydrogen-bond donors (Lipinski definition) is 0. The average Bonchev–Trinajstić information content (AvgIpc) is 3.19. The summed E-state index contributed by atoms with van der Waals surface area (Å²) in [5.41, 5.74) is 0.584. The van der Waals surface area contributed by atoms with Gasteiger partial charge in [0.05, 0.1) is 22.6 Å². The monoisotopic (exact) mass is 452 g/mol. The van der Waals surface area contributed by atoms with E-state index >= 15 is 0 Å². The number of hydrogen-bond acceptors (Lipinski definition) is 6. The molecule has 0 N–H and O–H groups in total. The lowest BCUT2D eigenvalue weighted by Crippen LogP contribution is -2.52. The number of piperazine rings is 1. The Balaban J connectivity index is 1.44. The molecule has 2 fully saturated rings. The Kier molecular flexibility index (Phi) is 5.30. The van der Waals surface area contributed by atoms with E-state index in [-0.39, 0.29) is 34.7 Å². The van der Waals surface area contributed by atoms with Gasteiger partial charge >= 0.3 is 0 Å². The first-order valence-corrected chi connectivity index (χ1v) is 12.6. The number of benzene rings is 2. The number of fused-ring (bicyclic) bond motifs is 1. The van der Waals surface area contributed by atoms with Crippen LogP contribution in [0.3, 0.4) is 0 Å². The zero-order valence-corrected chi connectivity index (χ0v) is 18.4. The minimum atomic E-state index is -2.94. The van der Waals surface area contributed by atoms with Crippen LogP contribution in [0.2, 0.25) is 0 Å². The highest BCUT2D eigenvalue weighted by molar-refractivity contribution is 7.91. The molecule has 166 valence electrons. The van der Waals surface area contributed by atoms with E-state index in [1.54, 1.807) is 41.3 Å². The topological polar surface area (TPSA) is 92.6 Å². The Hall–Kier alpha value is -3.04. The smallest absolute Gasteiger partial charge is 0.279 e. The van der Waals surface area contributed by atoms with E-state index in [1.165, 1.54) is 4.68 Å².